The Labute approximate surface area is 120 Å². The molecule has 0 atom stereocenters. The highest BCUT2D eigenvalue weighted by molar-refractivity contribution is 14.1. The van der Waals surface area contributed by atoms with Crippen LogP contribution >= 0.6 is 22.6 Å². The van der Waals surface area contributed by atoms with Crippen molar-refractivity contribution in [2.45, 2.75) is 0 Å². The zero-order chi connectivity index (χ0) is 14.0. The van der Waals surface area contributed by atoms with Crippen LogP contribution in [0.15, 0.2) is 36.4 Å². The van der Waals surface area contributed by atoms with Crippen molar-refractivity contribution in [3.05, 3.63) is 63.0 Å². The number of rotatable bonds is 2. The van der Waals surface area contributed by atoms with Crippen LogP contribution in [0.1, 0.15) is 10.4 Å². The van der Waals surface area contributed by atoms with Gasteiger partial charge in [-0.2, -0.15) is 0 Å². The molecular formula is C13H7F3INO. The van der Waals surface area contributed by atoms with Gasteiger partial charge in [-0.05, 0) is 34.7 Å². The lowest BCUT2D eigenvalue weighted by atomic mass is 10.2. The minimum atomic E-state index is -1.35. The summed E-state index contributed by atoms with van der Waals surface area (Å²) in [4.78, 5) is 11.9. The summed E-state index contributed by atoms with van der Waals surface area (Å²) in [6, 6.07) is 7.74. The Hall–Kier alpha value is -1.57. The van der Waals surface area contributed by atoms with E-state index in [1.54, 1.807) is 18.2 Å². The zero-order valence-electron chi connectivity index (χ0n) is 9.38. The van der Waals surface area contributed by atoms with E-state index in [4.69, 9.17) is 0 Å². The van der Waals surface area contributed by atoms with Crippen molar-refractivity contribution in [2.75, 3.05) is 5.32 Å². The number of carbonyl (C=O) groups is 1. The molecular weight excluding hydrogens is 370 g/mol. The summed E-state index contributed by atoms with van der Waals surface area (Å²) in [7, 11) is 0. The molecule has 1 N–H and O–H groups in total. The van der Waals surface area contributed by atoms with E-state index in [0.29, 0.717) is 15.2 Å². The number of anilines is 1. The molecule has 2 aromatic rings. The van der Waals surface area contributed by atoms with Crippen molar-refractivity contribution in [2.24, 2.45) is 0 Å². The smallest absolute Gasteiger partial charge is 0.256 e. The standard InChI is InChI=1S/C13H7F3INO/c14-7-5-9(15)12(16)11(6-7)18-13(19)8-3-1-2-4-10(8)17/h1-6H,(H,18,19). The summed E-state index contributed by atoms with van der Waals surface area (Å²) in [5, 5.41) is 2.15. The van der Waals surface area contributed by atoms with Gasteiger partial charge in [-0.25, -0.2) is 13.2 Å². The van der Waals surface area contributed by atoms with Crippen molar-refractivity contribution in [1.82, 2.24) is 0 Å². The highest BCUT2D eigenvalue weighted by Gasteiger charge is 2.15. The average Bonchev–Trinajstić information content (AvgIpc) is 2.35. The van der Waals surface area contributed by atoms with E-state index in [1.165, 1.54) is 6.07 Å². The quantitative estimate of drug-likeness (QED) is 0.623. The van der Waals surface area contributed by atoms with Gasteiger partial charge in [0.2, 0.25) is 0 Å². The van der Waals surface area contributed by atoms with E-state index in [1.807, 2.05) is 22.6 Å². The highest BCUT2D eigenvalue weighted by Crippen LogP contribution is 2.21. The first-order valence-corrected chi connectivity index (χ1v) is 6.27. The van der Waals surface area contributed by atoms with Gasteiger partial charge in [-0.15, -0.1) is 0 Å². The van der Waals surface area contributed by atoms with Gasteiger partial charge in [0.15, 0.2) is 11.6 Å². The fourth-order valence-electron chi connectivity index (χ4n) is 1.48. The second-order valence-electron chi connectivity index (χ2n) is 3.68. The summed E-state index contributed by atoms with van der Waals surface area (Å²) in [5.74, 6) is -4.23. The maximum absolute atomic E-state index is 13.4. The van der Waals surface area contributed by atoms with E-state index in [-0.39, 0.29) is 0 Å². The van der Waals surface area contributed by atoms with Gasteiger partial charge in [-0.1, -0.05) is 12.1 Å². The van der Waals surface area contributed by atoms with Crippen molar-refractivity contribution < 1.29 is 18.0 Å². The summed E-state index contributed by atoms with van der Waals surface area (Å²) < 4.78 is 40.0. The second kappa shape index (κ2) is 5.60. The van der Waals surface area contributed by atoms with Gasteiger partial charge in [0, 0.05) is 15.7 Å². The van der Waals surface area contributed by atoms with E-state index in [2.05, 4.69) is 5.32 Å². The number of nitrogens with one attached hydrogen (secondary N) is 1. The number of hydrogen-bond donors (Lipinski definition) is 1. The molecule has 0 bridgehead atoms. The van der Waals surface area contributed by atoms with Crippen LogP contribution in [-0.2, 0) is 0 Å². The first kappa shape index (κ1) is 13.9. The van der Waals surface area contributed by atoms with Crippen molar-refractivity contribution in [1.29, 1.82) is 0 Å². The molecule has 2 nitrogen and oxygen atoms in total. The third kappa shape index (κ3) is 3.06. The predicted molar refractivity (Wildman–Crippen MR) is 73.4 cm³/mol. The molecule has 0 radical (unpaired) electrons. The molecule has 0 aliphatic rings. The Kier molecular flexibility index (Phi) is 4.08. The number of hydrogen-bond acceptors (Lipinski definition) is 1. The average molecular weight is 377 g/mol. The van der Waals surface area contributed by atoms with Crippen molar-refractivity contribution in [3.63, 3.8) is 0 Å². The topological polar surface area (TPSA) is 29.1 Å². The Morgan fingerprint density at radius 3 is 2.47 bits per heavy atom. The maximum atomic E-state index is 13.4. The van der Waals surface area contributed by atoms with Gasteiger partial charge in [0.05, 0.1) is 11.3 Å². The third-order valence-electron chi connectivity index (χ3n) is 2.36. The molecule has 0 heterocycles. The van der Waals surface area contributed by atoms with Crippen LogP contribution in [-0.4, -0.2) is 5.91 Å². The van der Waals surface area contributed by atoms with Crippen LogP contribution in [0.2, 0.25) is 0 Å². The molecule has 98 valence electrons. The minimum Gasteiger partial charge on any atom is -0.319 e. The highest BCUT2D eigenvalue weighted by atomic mass is 127. The Morgan fingerprint density at radius 2 is 1.79 bits per heavy atom. The first-order chi connectivity index (χ1) is 8.99. The van der Waals surface area contributed by atoms with Crippen LogP contribution in [0.25, 0.3) is 0 Å². The molecule has 0 saturated heterocycles. The maximum Gasteiger partial charge on any atom is 0.256 e. The summed E-state index contributed by atoms with van der Waals surface area (Å²) in [6.07, 6.45) is 0. The molecule has 0 spiro atoms. The molecule has 6 heteroatoms. The lowest BCUT2D eigenvalue weighted by Gasteiger charge is -2.08. The lowest BCUT2D eigenvalue weighted by molar-refractivity contribution is 0.102. The number of carbonyl (C=O) groups excluding carboxylic acids is 1. The van der Waals surface area contributed by atoms with Gasteiger partial charge in [-0.3, -0.25) is 4.79 Å². The Balaban J connectivity index is 2.32. The molecule has 0 fully saturated rings. The second-order valence-corrected chi connectivity index (χ2v) is 4.85. The van der Waals surface area contributed by atoms with Gasteiger partial charge < -0.3 is 5.32 Å². The van der Waals surface area contributed by atoms with Crippen LogP contribution in [0.5, 0.6) is 0 Å². The molecule has 19 heavy (non-hydrogen) atoms. The molecule has 1 amide bonds. The summed E-state index contributed by atoms with van der Waals surface area (Å²) >= 11 is 1.94. The SMILES string of the molecule is O=C(Nc1cc(F)cc(F)c1F)c1ccccc1I. The van der Waals surface area contributed by atoms with Crippen LogP contribution in [0, 0.1) is 21.0 Å². The summed E-state index contributed by atoms with van der Waals surface area (Å²) in [6.45, 7) is 0. The normalized spacial score (nSPS) is 10.3. The molecule has 0 unspecified atom stereocenters. The van der Waals surface area contributed by atoms with Crippen molar-refractivity contribution >= 4 is 34.2 Å². The van der Waals surface area contributed by atoms with Crippen LogP contribution < -0.4 is 5.32 Å². The monoisotopic (exact) mass is 377 g/mol. The molecule has 0 aliphatic carbocycles. The molecule has 0 aromatic heterocycles. The minimum absolute atomic E-state index is 0.298. The van der Waals surface area contributed by atoms with Crippen molar-refractivity contribution in [3.8, 4) is 0 Å². The number of amides is 1. The largest absolute Gasteiger partial charge is 0.319 e. The summed E-state index contributed by atoms with van der Waals surface area (Å²) in [5.41, 5.74) is -0.227. The molecule has 2 rings (SSSR count). The van der Waals surface area contributed by atoms with Gasteiger partial charge in [0.25, 0.3) is 5.91 Å². The van der Waals surface area contributed by atoms with Crippen LogP contribution in [0.3, 0.4) is 0 Å². The first-order valence-electron chi connectivity index (χ1n) is 5.19. The van der Waals surface area contributed by atoms with Gasteiger partial charge in [0.1, 0.15) is 5.82 Å². The molecule has 0 saturated carbocycles. The fourth-order valence-corrected chi connectivity index (χ4v) is 2.11. The number of halogens is 4. The predicted octanol–water partition coefficient (Wildman–Crippen LogP) is 3.96. The fraction of sp³-hybridized carbons (Fsp3) is 0. The molecule has 0 aliphatic heterocycles. The lowest BCUT2D eigenvalue weighted by Crippen LogP contribution is -2.15. The Bertz CT molecular complexity index is 646. The zero-order valence-corrected chi connectivity index (χ0v) is 11.5. The number of benzene rings is 2. The Morgan fingerprint density at radius 1 is 1.11 bits per heavy atom. The van der Waals surface area contributed by atoms with Gasteiger partial charge >= 0.3 is 0 Å². The van der Waals surface area contributed by atoms with E-state index in [0.717, 1.165) is 6.07 Å². The van der Waals surface area contributed by atoms with E-state index >= 15 is 0 Å². The van der Waals surface area contributed by atoms with Crippen LogP contribution in [0.4, 0.5) is 18.9 Å². The van der Waals surface area contributed by atoms with E-state index < -0.39 is 29.0 Å². The van der Waals surface area contributed by atoms with E-state index in [9.17, 15) is 18.0 Å². The molecule has 2 aromatic carbocycles. The third-order valence-corrected chi connectivity index (χ3v) is 3.30.